The van der Waals surface area contributed by atoms with Gasteiger partial charge in [-0.15, -0.1) is 11.3 Å². The molecule has 2 heterocycles. The maximum Gasteiger partial charge on any atom is 0.159 e. The van der Waals surface area contributed by atoms with Gasteiger partial charge in [-0.05, 0) is 69.2 Å². The van der Waals surface area contributed by atoms with Gasteiger partial charge in [0.05, 0.1) is 11.4 Å². The van der Waals surface area contributed by atoms with Crippen molar-refractivity contribution in [3.05, 3.63) is 188 Å². The van der Waals surface area contributed by atoms with Crippen molar-refractivity contribution in [2.75, 3.05) is 4.90 Å². The summed E-state index contributed by atoms with van der Waals surface area (Å²) in [6.07, 6.45) is 0. The molecule has 0 saturated carbocycles. The second kappa shape index (κ2) is 11.9. The number of hydrogen-bond acceptors (Lipinski definition) is 3. The van der Waals surface area contributed by atoms with Crippen LogP contribution in [0, 0.1) is 0 Å². The molecule has 9 aromatic carbocycles. The molecule has 0 amide bonds. The minimum absolute atomic E-state index is 0.867. The molecule has 0 bridgehead atoms. The Morgan fingerprint density at radius 3 is 1.96 bits per heavy atom. The lowest BCUT2D eigenvalue weighted by Gasteiger charge is -2.28. The van der Waals surface area contributed by atoms with Crippen molar-refractivity contribution in [3.8, 4) is 22.3 Å². The highest BCUT2D eigenvalue weighted by Gasteiger charge is 2.24. The lowest BCUT2D eigenvalue weighted by atomic mass is 9.92. The fraction of sp³-hybridized carbons (Fsp3) is 0. The van der Waals surface area contributed by atoms with Gasteiger partial charge in [0, 0.05) is 47.6 Å². The lowest BCUT2D eigenvalue weighted by Crippen LogP contribution is -2.11. The number of fused-ring (bicyclic) bond motifs is 9. The second-order valence-electron chi connectivity index (χ2n) is 13.6. The number of benzene rings is 9. The van der Waals surface area contributed by atoms with Crippen LogP contribution >= 0.6 is 11.3 Å². The molecular formula is C50H31NOS. The molecule has 11 aromatic rings. The summed E-state index contributed by atoms with van der Waals surface area (Å²) in [5, 5.41) is 9.64. The van der Waals surface area contributed by atoms with Gasteiger partial charge in [0.1, 0.15) is 5.58 Å². The van der Waals surface area contributed by atoms with Crippen LogP contribution in [0.15, 0.2) is 192 Å². The fourth-order valence-corrected chi connectivity index (χ4v) is 9.49. The summed E-state index contributed by atoms with van der Waals surface area (Å²) in [7, 11) is 0. The summed E-state index contributed by atoms with van der Waals surface area (Å²) in [6.45, 7) is 0. The predicted molar refractivity (Wildman–Crippen MR) is 227 cm³/mol. The molecule has 3 heteroatoms. The van der Waals surface area contributed by atoms with Crippen LogP contribution in [-0.2, 0) is 0 Å². The molecule has 0 unspecified atom stereocenters. The first-order valence-corrected chi connectivity index (χ1v) is 18.8. The van der Waals surface area contributed by atoms with E-state index in [1.165, 1.54) is 64.0 Å². The van der Waals surface area contributed by atoms with Gasteiger partial charge in [0.25, 0.3) is 0 Å². The molecule has 0 fully saturated rings. The third kappa shape index (κ3) is 4.71. The van der Waals surface area contributed by atoms with Crippen LogP contribution < -0.4 is 4.90 Å². The van der Waals surface area contributed by atoms with Crippen LogP contribution in [0.25, 0.3) is 85.9 Å². The smallest absolute Gasteiger partial charge is 0.159 e. The van der Waals surface area contributed by atoms with E-state index in [0.717, 1.165) is 39.0 Å². The van der Waals surface area contributed by atoms with Gasteiger partial charge in [-0.3, -0.25) is 0 Å². The van der Waals surface area contributed by atoms with Crippen molar-refractivity contribution >= 4 is 92.1 Å². The standard InChI is InChI=1S/C50H31NOS/c1-2-14-32(15-3-1)36-29-28-34(31-44(36)43-24-12-23-42-40-21-9-11-27-48(40)53-50(42)43)51(45-25-13-22-41-39-20-8-10-26-47(39)52-49(41)45)46-30-33-16-4-5-17-35(33)37-18-6-7-19-38(37)46/h1-31H. The molecule has 0 spiro atoms. The Hall–Kier alpha value is -6.68. The summed E-state index contributed by atoms with van der Waals surface area (Å²) < 4.78 is 9.36. The summed E-state index contributed by atoms with van der Waals surface area (Å²) >= 11 is 1.87. The van der Waals surface area contributed by atoms with E-state index in [-0.39, 0.29) is 0 Å². The van der Waals surface area contributed by atoms with Crippen LogP contribution in [0.4, 0.5) is 17.1 Å². The van der Waals surface area contributed by atoms with E-state index in [2.05, 4.69) is 187 Å². The molecule has 11 rings (SSSR count). The van der Waals surface area contributed by atoms with Crippen LogP contribution in [0.1, 0.15) is 0 Å². The van der Waals surface area contributed by atoms with E-state index in [1.807, 2.05) is 17.4 Å². The molecule has 0 aliphatic rings. The highest BCUT2D eigenvalue weighted by molar-refractivity contribution is 7.26. The van der Waals surface area contributed by atoms with E-state index >= 15 is 0 Å². The summed E-state index contributed by atoms with van der Waals surface area (Å²) in [5.41, 5.74) is 9.72. The van der Waals surface area contributed by atoms with Crippen molar-refractivity contribution in [1.82, 2.24) is 0 Å². The molecule has 2 aromatic heterocycles. The monoisotopic (exact) mass is 693 g/mol. The zero-order valence-electron chi connectivity index (χ0n) is 28.7. The Labute approximate surface area is 310 Å². The quantitative estimate of drug-likeness (QED) is 0.167. The Bertz CT molecular complexity index is 3190. The first-order valence-electron chi connectivity index (χ1n) is 18.0. The fourth-order valence-electron chi connectivity index (χ4n) is 8.26. The molecular weight excluding hydrogens is 663 g/mol. The van der Waals surface area contributed by atoms with E-state index in [9.17, 15) is 0 Å². The van der Waals surface area contributed by atoms with Gasteiger partial charge < -0.3 is 9.32 Å². The molecule has 0 aliphatic carbocycles. The topological polar surface area (TPSA) is 16.4 Å². The van der Waals surface area contributed by atoms with Crippen LogP contribution in [-0.4, -0.2) is 0 Å². The number of para-hydroxylation sites is 2. The number of hydrogen-bond donors (Lipinski definition) is 0. The molecule has 0 saturated heterocycles. The average Bonchev–Trinajstić information content (AvgIpc) is 3.81. The van der Waals surface area contributed by atoms with E-state index < -0.39 is 0 Å². The molecule has 2 nitrogen and oxygen atoms in total. The minimum Gasteiger partial charge on any atom is -0.454 e. The number of rotatable bonds is 5. The third-order valence-corrected chi connectivity index (χ3v) is 11.9. The Balaban J connectivity index is 1.25. The summed E-state index contributed by atoms with van der Waals surface area (Å²) in [5.74, 6) is 0. The van der Waals surface area contributed by atoms with Gasteiger partial charge in [-0.25, -0.2) is 0 Å². The summed E-state index contributed by atoms with van der Waals surface area (Å²) in [4.78, 5) is 2.42. The van der Waals surface area contributed by atoms with Gasteiger partial charge in [-0.1, -0.05) is 152 Å². The number of furan rings is 1. The van der Waals surface area contributed by atoms with Crippen molar-refractivity contribution in [2.45, 2.75) is 0 Å². The van der Waals surface area contributed by atoms with Gasteiger partial charge in [0.2, 0.25) is 0 Å². The van der Waals surface area contributed by atoms with Crippen molar-refractivity contribution < 1.29 is 4.42 Å². The SMILES string of the molecule is c1ccc(-c2ccc(N(c3cc4ccccc4c4ccccc34)c3cccc4c3oc3ccccc34)cc2-c2cccc3c2sc2ccccc23)cc1. The van der Waals surface area contributed by atoms with Gasteiger partial charge in [0.15, 0.2) is 5.58 Å². The maximum atomic E-state index is 6.77. The highest BCUT2D eigenvalue weighted by atomic mass is 32.1. The molecule has 0 radical (unpaired) electrons. The van der Waals surface area contributed by atoms with Crippen LogP contribution in [0.5, 0.6) is 0 Å². The van der Waals surface area contributed by atoms with Crippen molar-refractivity contribution in [2.24, 2.45) is 0 Å². The van der Waals surface area contributed by atoms with Crippen LogP contribution in [0.3, 0.4) is 0 Å². The number of nitrogens with zero attached hydrogens (tertiary/aromatic N) is 1. The Kier molecular flexibility index (Phi) is 6.76. The third-order valence-electron chi connectivity index (χ3n) is 10.7. The van der Waals surface area contributed by atoms with Crippen LogP contribution in [0.2, 0.25) is 0 Å². The Morgan fingerprint density at radius 1 is 0.396 bits per heavy atom. The highest BCUT2D eigenvalue weighted by Crippen LogP contribution is 2.49. The molecule has 0 aliphatic heterocycles. The van der Waals surface area contributed by atoms with Gasteiger partial charge >= 0.3 is 0 Å². The first-order chi connectivity index (χ1) is 26.3. The second-order valence-corrected chi connectivity index (χ2v) is 14.7. The zero-order chi connectivity index (χ0) is 34.9. The average molecular weight is 694 g/mol. The molecule has 0 N–H and O–H groups in total. The minimum atomic E-state index is 0.867. The zero-order valence-corrected chi connectivity index (χ0v) is 29.5. The van der Waals surface area contributed by atoms with E-state index in [4.69, 9.17) is 4.42 Å². The predicted octanol–water partition coefficient (Wildman–Crippen LogP) is 15.1. The Morgan fingerprint density at radius 2 is 1.08 bits per heavy atom. The summed E-state index contributed by atoms with van der Waals surface area (Å²) in [6, 6.07) is 68.0. The normalized spacial score (nSPS) is 11.8. The molecule has 53 heavy (non-hydrogen) atoms. The molecule has 0 atom stereocenters. The lowest BCUT2D eigenvalue weighted by molar-refractivity contribution is 0.669. The van der Waals surface area contributed by atoms with Crippen molar-refractivity contribution in [1.29, 1.82) is 0 Å². The maximum absolute atomic E-state index is 6.77. The van der Waals surface area contributed by atoms with Crippen molar-refractivity contribution in [3.63, 3.8) is 0 Å². The van der Waals surface area contributed by atoms with E-state index in [0.29, 0.717) is 0 Å². The molecule has 248 valence electrons. The first kappa shape index (κ1) is 30.0. The number of thiophene rings is 1. The van der Waals surface area contributed by atoms with E-state index in [1.54, 1.807) is 0 Å². The largest absolute Gasteiger partial charge is 0.454 e. The van der Waals surface area contributed by atoms with Gasteiger partial charge in [-0.2, -0.15) is 0 Å². The number of anilines is 3.